The summed E-state index contributed by atoms with van der Waals surface area (Å²) in [6.45, 7) is 5.98. The lowest BCUT2D eigenvalue weighted by Gasteiger charge is -2.21. The number of nitrogens with two attached hydrogens (primary N) is 1. The molecule has 1 unspecified atom stereocenters. The molecule has 0 bridgehead atoms. The Bertz CT molecular complexity index is 837. The molecule has 1 atom stereocenters. The monoisotopic (exact) mass is 372 g/mol. The van der Waals surface area contributed by atoms with Crippen molar-refractivity contribution in [3.63, 3.8) is 0 Å². The maximum Gasteiger partial charge on any atom is 0.326 e. The number of para-hydroxylation sites is 1. The highest BCUT2D eigenvalue weighted by molar-refractivity contribution is 5.98. The lowest BCUT2D eigenvalue weighted by molar-refractivity contribution is -0.139. The number of rotatable bonds is 7. The summed E-state index contributed by atoms with van der Waals surface area (Å²) in [5.41, 5.74) is 5.85. The second-order valence-electron chi connectivity index (χ2n) is 7.49. The van der Waals surface area contributed by atoms with Crippen molar-refractivity contribution < 1.29 is 19.5 Å². The summed E-state index contributed by atoms with van der Waals surface area (Å²) in [5, 5.41) is 16.0. The fourth-order valence-electron chi connectivity index (χ4n) is 2.50. The number of carboxylic acids is 1. The highest BCUT2D eigenvalue weighted by atomic mass is 16.4. The number of nitrogens with one attached hydrogen (secondary N) is 1. The first kappa shape index (κ1) is 20.2. The molecule has 27 heavy (non-hydrogen) atoms. The lowest BCUT2D eigenvalue weighted by atomic mass is 9.88. The normalized spacial score (nSPS) is 12.4. The van der Waals surface area contributed by atoms with Crippen molar-refractivity contribution in [1.29, 1.82) is 0 Å². The van der Waals surface area contributed by atoms with Gasteiger partial charge in [-0.25, -0.2) is 9.48 Å². The summed E-state index contributed by atoms with van der Waals surface area (Å²) in [5.74, 6) is -2.54. The van der Waals surface area contributed by atoms with Gasteiger partial charge in [0.1, 0.15) is 11.7 Å². The van der Waals surface area contributed by atoms with Crippen LogP contribution in [0.3, 0.4) is 0 Å². The summed E-state index contributed by atoms with van der Waals surface area (Å²) in [4.78, 5) is 35.7. The van der Waals surface area contributed by atoms with Crippen LogP contribution in [0.25, 0.3) is 5.69 Å². The molecule has 8 nitrogen and oxygen atoms in total. The third kappa shape index (κ3) is 5.40. The zero-order chi connectivity index (χ0) is 20.2. The van der Waals surface area contributed by atoms with Gasteiger partial charge in [-0.2, -0.15) is 5.10 Å². The quantitative estimate of drug-likeness (QED) is 0.685. The van der Waals surface area contributed by atoms with E-state index >= 15 is 0 Å². The highest BCUT2D eigenvalue weighted by Gasteiger charge is 2.25. The zero-order valence-electron chi connectivity index (χ0n) is 15.6. The Morgan fingerprint density at radius 2 is 1.85 bits per heavy atom. The molecule has 8 heteroatoms. The van der Waals surface area contributed by atoms with Crippen molar-refractivity contribution in [2.45, 2.75) is 39.7 Å². The Morgan fingerprint density at radius 3 is 2.37 bits per heavy atom. The lowest BCUT2D eigenvalue weighted by Crippen LogP contribution is -2.41. The standard InChI is InChI=1S/C19H24N4O4/c1-19(2,3)10-9-13(18(26)27)21-17(25)14-11-15(16(20)24)23(22-14)12-7-5-4-6-8-12/h4-8,11,13H,9-10H2,1-3H3,(H2,20,24)(H,21,25)(H,26,27). The van der Waals surface area contributed by atoms with E-state index in [1.165, 1.54) is 10.7 Å². The van der Waals surface area contributed by atoms with Crippen molar-refractivity contribution in [2.75, 3.05) is 0 Å². The molecular formula is C19H24N4O4. The number of primary amides is 1. The van der Waals surface area contributed by atoms with Crippen molar-refractivity contribution in [2.24, 2.45) is 11.1 Å². The number of hydrogen-bond donors (Lipinski definition) is 3. The van der Waals surface area contributed by atoms with E-state index in [0.29, 0.717) is 12.1 Å². The topological polar surface area (TPSA) is 127 Å². The summed E-state index contributed by atoms with van der Waals surface area (Å²) in [6.07, 6.45) is 0.905. The molecule has 4 N–H and O–H groups in total. The van der Waals surface area contributed by atoms with Crippen LogP contribution in [0.5, 0.6) is 0 Å². The van der Waals surface area contributed by atoms with E-state index in [1.807, 2.05) is 20.8 Å². The predicted molar refractivity (Wildman–Crippen MR) is 99.7 cm³/mol. The Balaban J connectivity index is 2.25. The zero-order valence-corrected chi connectivity index (χ0v) is 15.6. The number of amides is 2. The van der Waals surface area contributed by atoms with Gasteiger partial charge in [-0.3, -0.25) is 9.59 Å². The van der Waals surface area contributed by atoms with E-state index in [-0.39, 0.29) is 23.2 Å². The summed E-state index contributed by atoms with van der Waals surface area (Å²) in [6, 6.07) is 8.96. The van der Waals surface area contributed by atoms with Gasteiger partial charge >= 0.3 is 5.97 Å². The van der Waals surface area contributed by atoms with Crippen LogP contribution in [0.2, 0.25) is 0 Å². The molecule has 0 spiro atoms. The molecule has 0 saturated heterocycles. The molecule has 144 valence electrons. The van der Waals surface area contributed by atoms with Crippen molar-refractivity contribution in [3.8, 4) is 5.69 Å². The van der Waals surface area contributed by atoms with Gasteiger partial charge in [0.2, 0.25) is 0 Å². The van der Waals surface area contributed by atoms with Crippen LogP contribution in [-0.2, 0) is 4.79 Å². The highest BCUT2D eigenvalue weighted by Crippen LogP contribution is 2.22. The first-order valence-corrected chi connectivity index (χ1v) is 8.57. The molecule has 0 aliphatic carbocycles. The minimum atomic E-state index is -1.12. The molecule has 0 aliphatic heterocycles. The summed E-state index contributed by atoms with van der Waals surface area (Å²) >= 11 is 0. The van der Waals surface area contributed by atoms with E-state index in [4.69, 9.17) is 5.73 Å². The maximum atomic E-state index is 12.5. The van der Waals surface area contributed by atoms with Gasteiger partial charge < -0.3 is 16.2 Å². The van der Waals surface area contributed by atoms with Crippen LogP contribution in [0.1, 0.15) is 54.6 Å². The minimum Gasteiger partial charge on any atom is -0.480 e. The van der Waals surface area contributed by atoms with Crippen LogP contribution in [0.4, 0.5) is 0 Å². The van der Waals surface area contributed by atoms with Crippen molar-refractivity contribution in [3.05, 3.63) is 47.8 Å². The molecule has 2 aromatic rings. The van der Waals surface area contributed by atoms with Crippen LogP contribution in [0, 0.1) is 5.41 Å². The second-order valence-corrected chi connectivity index (χ2v) is 7.49. The number of hydrogen-bond acceptors (Lipinski definition) is 4. The van der Waals surface area contributed by atoms with Gasteiger partial charge in [0.25, 0.3) is 11.8 Å². The molecule has 0 radical (unpaired) electrons. The maximum absolute atomic E-state index is 12.5. The number of carbonyl (C=O) groups excluding carboxylic acids is 2. The number of nitrogens with zero attached hydrogens (tertiary/aromatic N) is 2. The predicted octanol–water partition coefficient (Wildman–Crippen LogP) is 1.98. The fourth-order valence-corrected chi connectivity index (χ4v) is 2.50. The number of carboxylic acid groups (broad SMARTS) is 1. The van der Waals surface area contributed by atoms with E-state index in [1.54, 1.807) is 30.3 Å². The van der Waals surface area contributed by atoms with Gasteiger partial charge in [-0.05, 0) is 30.4 Å². The number of aromatic nitrogens is 2. The Morgan fingerprint density at radius 1 is 1.22 bits per heavy atom. The van der Waals surface area contributed by atoms with Crippen LogP contribution >= 0.6 is 0 Å². The molecule has 1 aromatic heterocycles. The van der Waals surface area contributed by atoms with Crippen molar-refractivity contribution >= 4 is 17.8 Å². The Labute approximate surface area is 157 Å². The fraction of sp³-hybridized carbons (Fsp3) is 0.368. The third-order valence-electron chi connectivity index (χ3n) is 3.98. The average molecular weight is 372 g/mol. The van der Waals surface area contributed by atoms with Gasteiger partial charge in [0.15, 0.2) is 5.69 Å². The number of carbonyl (C=O) groups is 3. The van der Waals surface area contributed by atoms with E-state index < -0.39 is 23.8 Å². The molecule has 1 heterocycles. The number of benzene rings is 1. The smallest absolute Gasteiger partial charge is 0.326 e. The molecule has 1 aromatic carbocycles. The first-order valence-electron chi connectivity index (χ1n) is 8.57. The Hall–Kier alpha value is -3.16. The molecule has 0 saturated carbocycles. The second kappa shape index (κ2) is 8.03. The Kier molecular flexibility index (Phi) is 5.99. The molecule has 2 amide bonds. The van der Waals surface area contributed by atoms with Gasteiger partial charge in [0.05, 0.1) is 5.69 Å². The molecule has 0 aliphatic rings. The average Bonchev–Trinajstić information content (AvgIpc) is 3.04. The van der Waals surface area contributed by atoms with Crippen LogP contribution in [-0.4, -0.2) is 38.7 Å². The van der Waals surface area contributed by atoms with Gasteiger partial charge in [0, 0.05) is 6.07 Å². The SMILES string of the molecule is CC(C)(C)CCC(NC(=O)c1cc(C(N)=O)n(-c2ccccc2)n1)C(=O)O. The van der Waals surface area contributed by atoms with Crippen molar-refractivity contribution in [1.82, 2.24) is 15.1 Å². The van der Waals surface area contributed by atoms with Gasteiger partial charge in [-0.1, -0.05) is 39.0 Å². The molecule has 2 rings (SSSR count). The van der Waals surface area contributed by atoms with E-state index in [0.717, 1.165) is 0 Å². The molecular weight excluding hydrogens is 348 g/mol. The summed E-state index contributed by atoms with van der Waals surface area (Å²) < 4.78 is 1.27. The van der Waals surface area contributed by atoms with E-state index in [9.17, 15) is 19.5 Å². The van der Waals surface area contributed by atoms with E-state index in [2.05, 4.69) is 10.4 Å². The third-order valence-corrected chi connectivity index (χ3v) is 3.98. The first-order chi connectivity index (χ1) is 12.6. The van der Waals surface area contributed by atoms with Crippen LogP contribution in [0.15, 0.2) is 36.4 Å². The van der Waals surface area contributed by atoms with Crippen LogP contribution < -0.4 is 11.1 Å². The molecule has 0 fully saturated rings. The number of aliphatic carboxylic acids is 1. The minimum absolute atomic E-state index is 0.0351. The summed E-state index contributed by atoms with van der Waals surface area (Å²) in [7, 11) is 0. The van der Waals surface area contributed by atoms with Gasteiger partial charge in [-0.15, -0.1) is 0 Å². The largest absolute Gasteiger partial charge is 0.480 e.